The monoisotopic (exact) mass is 250 g/mol. The number of anilines is 1. The number of hydrogen-bond donors (Lipinski definition) is 3. The van der Waals surface area contributed by atoms with Gasteiger partial charge in [-0.05, 0) is 30.0 Å². The first-order chi connectivity index (χ1) is 8.47. The molecule has 1 rings (SSSR count). The number of carbonyl (C=O) groups excluding carboxylic acids is 1. The highest BCUT2D eigenvalue weighted by atomic mass is 16.3. The molecule has 1 amide bonds. The number of amides is 1. The van der Waals surface area contributed by atoms with Gasteiger partial charge in [0.25, 0.3) is 0 Å². The summed E-state index contributed by atoms with van der Waals surface area (Å²) in [7, 11) is 0. The van der Waals surface area contributed by atoms with Crippen molar-refractivity contribution in [3.63, 3.8) is 0 Å². The van der Waals surface area contributed by atoms with Crippen molar-refractivity contribution in [2.24, 2.45) is 5.92 Å². The van der Waals surface area contributed by atoms with E-state index in [-0.39, 0.29) is 5.91 Å². The van der Waals surface area contributed by atoms with Crippen LogP contribution in [0.3, 0.4) is 0 Å². The van der Waals surface area contributed by atoms with Crippen molar-refractivity contribution in [2.75, 3.05) is 12.3 Å². The van der Waals surface area contributed by atoms with Gasteiger partial charge < -0.3 is 16.2 Å². The average molecular weight is 250 g/mol. The molecule has 0 fully saturated rings. The van der Waals surface area contributed by atoms with Gasteiger partial charge in [-0.3, -0.25) is 4.79 Å². The van der Waals surface area contributed by atoms with E-state index in [4.69, 9.17) is 5.73 Å². The normalized spacial score (nSPS) is 12.4. The third-order valence-electron chi connectivity index (χ3n) is 2.62. The van der Waals surface area contributed by atoms with E-state index < -0.39 is 6.10 Å². The number of benzene rings is 1. The third kappa shape index (κ3) is 5.68. The lowest BCUT2D eigenvalue weighted by Gasteiger charge is -2.13. The number of hydrogen-bond acceptors (Lipinski definition) is 3. The van der Waals surface area contributed by atoms with Crippen LogP contribution in [0.5, 0.6) is 0 Å². The second-order valence-electron chi connectivity index (χ2n) is 5.01. The topological polar surface area (TPSA) is 75.3 Å². The molecule has 18 heavy (non-hydrogen) atoms. The first-order valence-corrected chi connectivity index (χ1v) is 6.26. The number of carbonyl (C=O) groups is 1. The SMILES string of the molecule is CC(C)CC(O)CNC(=O)Cc1ccc(N)cc1. The summed E-state index contributed by atoms with van der Waals surface area (Å²) in [5.41, 5.74) is 7.17. The van der Waals surface area contributed by atoms with Crippen LogP contribution in [0.15, 0.2) is 24.3 Å². The molecule has 0 spiro atoms. The largest absolute Gasteiger partial charge is 0.399 e. The van der Waals surface area contributed by atoms with Crippen molar-refractivity contribution in [2.45, 2.75) is 32.8 Å². The summed E-state index contributed by atoms with van der Waals surface area (Å²) in [6.45, 7) is 4.39. The second-order valence-corrected chi connectivity index (χ2v) is 5.01. The maximum absolute atomic E-state index is 11.6. The van der Waals surface area contributed by atoms with E-state index in [9.17, 15) is 9.90 Å². The molecule has 0 bridgehead atoms. The van der Waals surface area contributed by atoms with Gasteiger partial charge in [-0.25, -0.2) is 0 Å². The van der Waals surface area contributed by atoms with E-state index in [1.165, 1.54) is 0 Å². The summed E-state index contributed by atoms with van der Waals surface area (Å²) in [6.07, 6.45) is 0.539. The van der Waals surface area contributed by atoms with E-state index in [0.717, 1.165) is 5.56 Å². The van der Waals surface area contributed by atoms with Crippen molar-refractivity contribution < 1.29 is 9.90 Å². The van der Waals surface area contributed by atoms with Crippen molar-refractivity contribution in [1.29, 1.82) is 0 Å². The number of rotatable bonds is 6. The lowest BCUT2D eigenvalue weighted by molar-refractivity contribution is -0.120. The van der Waals surface area contributed by atoms with Gasteiger partial charge in [-0.15, -0.1) is 0 Å². The summed E-state index contributed by atoms with van der Waals surface area (Å²) in [5.74, 6) is 0.344. The Morgan fingerprint density at radius 1 is 1.33 bits per heavy atom. The Morgan fingerprint density at radius 2 is 1.94 bits per heavy atom. The fourth-order valence-electron chi connectivity index (χ4n) is 1.74. The Bertz CT molecular complexity index is 374. The first kappa shape index (κ1) is 14.5. The zero-order valence-corrected chi connectivity index (χ0v) is 11.0. The molecule has 0 heterocycles. The molecule has 1 aromatic carbocycles. The zero-order valence-electron chi connectivity index (χ0n) is 11.0. The fourth-order valence-corrected chi connectivity index (χ4v) is 1.74. The molecule has 4 N–H and O–H groups in total. The molecular formula is C14H22N2O2. The van der Waals surface area contributed by atoms with Crippen molar-refractivity contribution in [3.05, 3.63) is 29.8 Å². The highest BCUT2D eigenvalue weighted by Gasteiger charge is 2.09. The predicted octanol–water partition coefficient (Wildman–Crippen LogP) is 1.33. The van der Waals surface area contributed by atoms with Crippen molar-refractivity contribution >= 4 is 11.6 Å². The van der Waals surface area contributed by atoms with Crippen LogP contribution in [0.25, 0.3) is 0 Å². The number of nitrogens with one attached hydrogen (secondary N) is 1. The Morgan fingerprint density at radius 3 is 2.50 bits per heavy atom. The van der Waals surface area contributed by atoms with E-state index in [0.29, 0.717) is 31.0 Å². The number of nitrogen functional groups attached to an aromatic ring is 1. The lowest BCUT2D eigenvalue weighted by Crippen LogP contribution is -2.33. The Balaban J connectivity index is 2.31. The van der Waals surface area contributed by atoms with Crippen LogP contribution in [0.1, 0.15) is 25.8 Å². The quantitative estimate of drug-likeness (QED) is 0.667. The zero-order chi connectivity index (χ0) is 13.5. The van der Waals surface area contributed by atoms with Crippen LogP contribution in [-0.2, 0) is 11.2 Å². The summed E-state index contributed by atoms with van der Waals surface area (Å²) in [5, 5.41) is 12.4. The predicted molar refractivity (Wildman–Crippen MR) is 73.0 cm³/mol. The van der Waals surface area contributed by atoms with Crippen LogP contribution >= 0.6 is 0 Å². The van der Waals surface area contributed by atoms with Gasteiger partial charge in [0.2, 0.25) is 5.91 Å². The van der Waals surface area contributed by atoms with Gasteiger partial charge in [0, 0.05) is 12.2 Å². The summed E-state index contributed by atoms with van der Waals surface area (Å²) >= 11 is 0. The minimum absolute atomic E-state index is 0.0809. The molecule has 0 aliphatic heterocycles. The lowest BCUT2D eigenvalue weighted by atomic mass is 10.1. The van der Waals surface area contributed by atoms with Crippen LogP contribution in [0.4, 0.5) is 5.69 Å². The summed E-state index contributed by atoms with van der Waals surface area (Å²) in [4.78, 5) is 11.6. The molecule has 1 atom stereocenters. The Kier molecular flexibility index (Phi) is 5.65. The fraction of sp³-hybridized carbons (Fsp3) is 0.500. The first-order valence-electron chi connectivity index (χ1n) is 6.26. The molecule has 100 valence electrons. The average Bonchev–Trinajstić information content (AvgIpc) is 2.29. The minimum Gasteiger partial charge on any atom is -0.399 e. The second kappa shape index (κ2) is 7.01. The van der Waals surface area contributed by atoms with Crippen molar-refractivity contribution in [1.82, 2.24) is 5.32 Å². The maximum atomic E-state index is 11.6. The van der Waals surface area contributed by atoms with E-state index in [2.05, 4.69) is 5.32 Å². The number of aliphatic hydroxyl groups excluding tert-OH is 1. The maximum Gasteiger partial charge on any atom is 0.224 e. The van der Waals surface area contributed by atoms with Crippen LogP contribution in [-0.4, -0.2) is 23.7 Å². The van der Waals surface area contributed by atoms with E-state index in [1.54, 1.807) is 12.1 Å². The van der Waals surface area contributed by atoms with Gasteiger partial charge in [-0.1, -0.05) is 26.0 Å². The molecule has 0 saturated heterocycles. The number of aliphatic hydroxyl groups is 1. The Labute approximate surface area is 108 Å². The highest BCUT2D eigenvalue weighted by molar-refractivity contribution is 5.78. The van der Waals surface area contributed by atoms with E-state index >= 15 is 0 Å². The highest BCUT2D eigenvalue weighted by Crippen LogP contribution is 2.06. The molecule has 1 unspecified atom stereocenters. The Hall–Kier alpha value is -1.55. The minimum atomic E-state index is -0.472. The van der Waals surface area contributed by atoms with Gasteiger partial charge in [0.05, 0.1) is 12.5 Å². The van der Waals surface area contributed by atoms with Gasteiger partial charge in [0.1, 0.15) is 0 Å². The molecule has 0 aliphatic rings. The molecule has 1 aromatic rings. The van der Waals surface area contributed by atoms with Gasteiger partial charge >= 0.3 is 0 Å². The molecule has 0 aromatic heterocycles. The molecule has 0 radical (unpaired) electrons. The molecule has 4 nitrogen and oxygen atoms in total. The third-order valence-corrected chi connectivity index (χ3v) is 2.62. The van der Waals surface area contributed by atoms with Crippen molar-refractivity contribution in [3.8, 4) is 0 Å². The summed E-state index contributed by atoms with van der Waals surface area (Å²) < 4.78 is 0. The van der Waals surface area contributed by atoms with Gasteiger partial charge in [-0.2, -0.15) is 0 Å². The molecule has 4 heteroatoms. The van der Waals surface area contributed by atoms with E-state index in [1.807, 2.05) is 26.0 Å². The van der Waals surface area contributed by atoms with Gasteiger partial charge in [0.15, 0.2) is 0 Å². The molecule has 0 aliphatic carbocycles. The summed E-state index contributed by atoms with van der Waals surface area (Å²) in [6, 6.07) is 7.21. The van der Waals surface area contributed by atoms with Crippen LogP contribution in [0, 0.1) is 5.92 Å². The number of nitrogens with two attached hydrogens (primary N) is 1. The smallest absolute Gasteiger partial charge is 0.224 e. The van der Waals surface area contributed by atoms with Crippen LogP contribution in [0.2, 0.25) is 0 Å². The standard InChI is InChI=1S/C14H22N2O2/c1-10(2)7-13(17)9-16-14(18)8-11-3-5-12(15)6-4-11/h3-6,10,13,17H,7-9,15H2,1-2H3,(H,16,18). The molecule has 0 saturated carbocycles. The molecular weight excluding hydrogens is 228 g/mol. The van der Waals surface area contributed by atoms with Crippen LogP contribution < -0.4 is 11.1 Å².